The molecule has 120 valence electrons. The number of hydrogen-bond donors (Lipinski definition) is 2. The quantitative estimate of drug-likeness (QED) is 0.883. The maximum atomic E-state index is 12.1. The van der Waals surface area contributed by atoms with Crippen molar-refractivity contribution in [3.63, 3.8) is 0 Å². The van der Waals surface area contributed by atoms with Gasteiger partial charge in [-0.1, -0.05) is 25.1 Å². The third kappa shape index (κ3) is 2.77. The zero-order valence-electron chi connectivity index (χ0n) is 13.7. The molecule has 1 unspecified atom stereocenters. The molecule has 0 radical (unpaired) electrons. The minimum atomic E-state index is 0.0226. The number of carbonyl (C=O) groups excluding carboxylic acids is 1. The Morgan fingerprint density at radius 3 is 2.48 bits per heavy atom. The van der Waals surface area contributed by atoms with Crippen molar-refractivity contribution in [2.75, 3.05) is 10.2 Å². The summed E-state index contributed by atoms with van der Waals surface area (Å²) < 4.78 is 0. The Bertz CT molecular complexity index is 715. The van der Waals surface area contributed by atoms with Gasteiger partial charge in [0.2, 0.25) is 5.91 Å². The maximum Gasteiger partial charge on any atom is 0.224 e. The Labute approximate surface area is 136 Å². The average molecular weight is 310 g/mol. The van der Waals surface area contributed by atoms with Crippen LogP contribution in [-0.2, 0) is 4.79 Å². The lowest BCUT2D eigenvalue weighted by Crippen LogP contribution is -2.48. The molecule has 0 saturated carbocycles. The van der Waals surface area contributed by atoms with Crippen molar-refractivity contribution in [3.05, 3.63) is 54.1 Å². The fourth-order valence-corrected chi connectivity index (χ4v) is 3.41. The molecule has 23 heavy (non-hydrogen) atoms. The molecular weight excluding hydrogens is 288 g/mol. The summed E-state index contributed by atoms with van der Waals surface area (Å²) in [5, 5.41) is 13.5. The number of rotatable bonds is 2. The lowest BCUT2D eigenvalue weighted by Gasteiger charge is -2.44. The molecule has 2 aromatic carbocycles. The minimum absolute atomic E-state index is 0.0226. The number of hydrogen-bond acceptors (Lipinski definition) is 3. The smallest absolute Gasteiger partial charge is 0.224 e. The number of phenolic OH excluding ortho intramolecular Hbond substituents is 1. The van der Waals surface area contributed by atoms with Crippen LogP contribution in [0.1, 0.15) is 32.4 Å². The van der Waals surface area contributed by atoms with E-state index in [1.807, 2.05) is 41.3 Å². The summed E-state index contributed by atoms with van der Waals surface area (Å²) in [6.07, 6.45) is 0. The molecule has 1 aliphatic heterocycles. The van der Waals surface area contributed by atoms with Gasteiger partial charge in [-0.05, 0) is 37.3 Å². The largest absolute Gasteiger partial charge is 0.508 e. The third-order valence-corrected chi connectivity index (χ3v) is 4.73. The third-order valence-electron chi connectivity index (χ3n) is 4.73. The molecule has 0 saturated heterocycles. The summed E-state index contributed by atoms with van der Waals surface area (Å²) in [7, 11) is 0. The second kappa shape index (κ2) is 5.95. The Balaban J connectivity index is 2.07. The van der Waals surface area contributed by atoms with Gasteiger partial charge in [0.15, 0.2) is 0 Å². The van der Waals surface area contributed by atoms with Crippen LogP contribution in [0, 0.1) is 5.92 Å². The highest BCUT2D eigenvalue weighted by Crippen LogP contribution is 2.43. The number of amides is 1. The molecule has 2 aromatic rings. The van der Waals surface area contributed by atoms with Crippen LogP contribution in [0.5, 0.6) is 5.75 Å². The average Bonchev–Trinajstić information content (AvgIpc) is 2.53. The molecule has 0 aromatic heterocycles. The number of carbonyl (C=O) groups is 1. The van der Waals surface area contributed by atoms with Crippen molar-refractivity contribution in [1.29, 1.82) is 0 Å². The first kappa shape index (κ1) is 15.4. The molecule has 1 amide bonds. The SMILES string of the molecule is CC(=O)N1c2ccc(O)cc2C(Nc2ccccc2)[C@@H](C)[C@@H]1C. The van der Waals surface area contributed by atoms with Crippen LogP contribution in [0.3, 0.4) is 0 Å². The van der Waals surface area contributed by atoms with Crippen LogP contribution in [-0.4, -0.2) is 17.1 Å². The molecule has 1 aliphatic rings. The van der Waals surface area contributed by atoms with E-state index in [0.29, 0.717) is 0 Å². The van der Waals surface area contributed by atoms with E-state index >= 15 is 0 Å². The van der Waals surface area contributed by atoms with E-state index < -0.39 is 0 Å². The molecular formula is C19H22N2O2. The van der Waals surface area contributed by atoms with Gasteiger partial charge < -0.3 is 15.3 Å². The zero-order valence-corrected chi connectivity index (χ0v) is 13.7. The predicted octanol–water partition coefficient (Wildman–Crippen LogP) is 3.94. The number of benzene rings is 2. The molecule has 0 spiro atoms. The van der Waals surface area contributed by atoms with E-state index in [1.165, 1.54) is 0 Å². The van der Waals surface area contributed by atoms with Gasteiger partial charge in [-0.2, -0.15) is 0 Å². The van der Waals surface area contributed by atoms with E-state index in [4.69, 9.17) is 0 Å². The Morgan fingerprint density at radius 2 is 1.83 bits per heavy atom. The first-order valence-corrected chi connectivity index (χ1v) is 7.93. The van der Waals surface area contributed by atoms with Crippen LogP contribution in [0.15, 0.2) is 48.5 Å². The molecule has 0 bridgehead atoms. The Kier molecular flexibility index (Phi) is 3.99. The van der Waals surface area contributed by atoms with Crippen molar-refractivity contribution in [3.8, 4) is 5.75 Å². The monoisotopic (exact) mass is 310 g/mol. The maximum absolute atomic E-state index is 12.1. The van der Waals surface area contributed by atoms with Crippen LogP contribution in [0.25, 0.3) is 0 Å². The molecule has 4 nitrogen and oxygen atoms in total. The van der Waals surface area contributed by atoms with Crippen molar-refractivity contribution in [2.45, 2.75) is 32.9 Å². The number of fused-ring (bicyclic) bond motifs is 1. The fourth-order valence-electron chi connectivity index (χ4n) is 3.41. The summed E-state index contributed by atoms with van der Waals surface area (Å²) in [5.41, 5.74) is 2.85. The summed E-state index contributed by atoms with van der Waals surface area (Å²) in [6, 6.07) is 15.3. The van der Waals surface area contributed by atoms with Crippen molar-refractivity contribution >= 4 is 17.3 Å². The van der Waals surface area contributed by atoms with Gasteiger partial charge in [-0.3, -0.25) is 4.79 Å². The molecule has 1 heterocycles. The van der Waals surface area contributed by atoms with Crippen LogP contribution in [0.2, 0.25) is 0 Å². The molecule has 0 fully saturated rings. The molecule has 0 aliphatic carbocycles. The lowest BCUT2D eigenvalue weighted by molar-refractivity contribution is -0.117. The van der Waals surface area contributed by atoms with Gasteiger partial charge in [-0.15, -0.1) is 0 Å². The standard InChI is InChI=1S/C19H22N2O2/c1-12-13(2)21(14(3)22)18-10-9-16(23)11-17(18)19(12)20-15-7-5-4-6-8-15/h4-13,19-20,23H,1-3H3/t12-,13-,19?/m0/s1. The van der Waals surface area contributed by atoms with Gasteiger partial charge in [0.1, 0.15) is 5.75 Å². The minimum Gasteiger partial charge on any atom is -0.508 e. The number of anilines is 2. The molecule has 2 N–H and O–H groups in total. The predicted molar refractivity (Wildman–Crippen MR) is 92.7 cm³/mol. The summed E-state index contributed by atoms with van der Waals surface area (Å²) in [4.78, 5) is 13.9. The summed E-state index contributed by atoms with van der Waals surface area (Å²) in [6.45, 7) is 5.79. The second-order valence-electron chi connectivity index (χ2n) is 6.22. The Morgan fingerprint density at radius 1 is 1.13 bits per heavy atom. The van der Waals surface area contributed by atoms with E-state index in [0.717, 1.165) is 16.9 Å². The number of nitrogens with one attached hydrogen (secondary N) is 1. The number of phenols is 1. The number of para-hydroxylation sites is 1. The highest BCUT2D eigenvalue weighted by Gasteiger charge is 2.38. The van der Waals surface area contributed by atoms with Crippen molar-refractivity contribution < 1.29 is 9.90 Å². The van der Waals surface area contributed by atoms with Crippen LogP contribution < -0.4 is 10.2 Å². The normalized spacial score (nSPS) is 23.3. The van der Waals surface area contributed by atoms with Crippen molar-refractivity contribution in [2.24, 2.45) is 5.92 Å². The van der Waals surface area contributed by atoms with Crippen LogP contribution in [0.4, 0.5) is 11.4 Å². The van der Waals surface area contributed by atoms with E-state index in [1.54, 1.807) is 19.1 Å². The number of aromatic hydroxyl groups is 1. The Hall–Kier alpha value is -2.49. The molecule has 3 rings (SSSR count). The van der Waals surface area contributed by atoms with Gasteiger partial charge in [0, 0.05) is 35.8 Å². The van der Waals surface area contributed by atoms with Gasteiger partial charge in [-0.25, -0.2) is 0 Å². The van der Waals surface area contributed by atoms with Crippen LogP contribution >= 0.6 is 0 Å². The molecule has 4 heteroatoms. The highest BCUT2D eigenvalue weighted by atomic mass is 16.3. The van der Waals surface area contributed by atoms with Crippen molar-refractivity contribution in [1.82, 2.24) is 0 Å². The summed E-state index contributed by atoms with van der Waals surface area (Å²) in [5.74, 6) is 0.441. The van der Waals surface area contributed by atoms with E-state index in [-0.39, 0.29) is 29.7 Å². The first-order chi connectivity index (χ1) is 11.0. The van der Waals surface area contributed by atoms with Gasteiger partial charge in [0.25, 0.3) is 0 Å². The second-order valence-corrected chi connectivity index (χ2v) is 6.22. The first-order valence-electron chi connectivity index (χ1n) is 7.93. The highest BCUT2D eigenvalue weighted by molar-refractivity contribution is 5.94. The topological polar surface area (TPSA) is 52.6 Å². The lowest BCUT2D eigenvalue weighted by atomic mass is 9.82. The zero-order chi connectivity index (χ0) is 16.6. The molecule has 3 atom stereocenters. The van der Waals surface area contributed by atoms with E-state index in [2.05, 4.69) is 19.2 Å². The number of nitrogens with zero attached hydrogens (tertiary/aromatic N) is 1. The summed E-state index contributed by atoms with van der Waals surface area (Å²) >= 11 is 0. The van der Waals surface area contributed by atoms with E-state index in [9.17, 15) is 9.90 Å². The van der Waals surface area contributed by atoms with Gasteiger partial charge >= 0.3 is 0 Å². The van der Waals surface area contributed by atoms with Gasteiger partial charge in [0.05, 0.1) is 6.04 Å². The fraction of sp³-hybridized carbons (Fsp3) is 0.316.